The Kier molecular flexibility index (Phi) is 4.69. The van der Waals surface area contributed by atoms with Crippen LogP contribution in [-0.4, -0.2) is 31.8 Å². The van der Waals surface area contributed by atoms with Gasteiger partial charge in [-0.3, -0.25) is 9.47 Å². The molecular weight excluding hydrogens is 346 g/mol. The summed E-state index contributed by atoms with van der Waals surface area (Å²) >= 11 is 5.71. The van der Waals surface area contributed by atoms with Crippen LogP contribution >= 0.6 is 12.2 Å². The van der Waals surface area contributed by atoms with E-state index in [-0.39, 0.29) is 0 Å². The van der Waals surface area contributed by atoms with Crippen molar-refractivity contribution in [3.63, 3.8) is 0 Å². The van der Waals surface area contributed by atoms with Gasteiger partial charge in [0.2, 0.25) is 0 Å². The molecule has 6 nitrogen and oxygen atoms in total. The lowest BCUT2D eigenvalue weighted by atomic mass is 10.2. The second-order valence-corrected chi connectivity index (χ2v) is 6.80. The third kappa shape index (κ3) is 3.47. The number of hydrogen-bond acceptors (Lipinski definition) is 5. The van der Waals surface area contributed by atoms with Crippen molar-refractivity contribution < 1.29 is 4.42 Å². The monoisotopic (exact) mass is 365 g/mol. The zero-order valence-electron chi connectivity index (χ0n) is 14.3. The molecule has 1 saturated carbocycles. The predicted octanol–water partition coefficient (Wildman–Crippen LogP) is 3.67. The summed E-state index contributed by atoms with van der Waals surface area (Å²) in [5.41, 5.74) is 1.15. The largest absolute Gasteiger partial charge is 0.461 e. The molecule has 0 spiro atoms. The van der Waals surface area contributed by atoms with E-state index in [9.17, 15) is 0 Å². The number of rotatable bonds is 7. The average molecular weight is 365 g/mol. The van der Waals surface area contributed by atoms with Crippen molar-refractivity contribution in [3.8, 4) is 17.7 Å². The number of nitrogens with zero attached hydrogens (tertiary/aromatic N) is 5. The first-order valence-electron chi connectivity index (χ1n) is 8.62. The Balaban J connectivity index is 1.70. The number of benzene rings is 1. The van der Waals surface area contributed by atoms with Crippen molar-refractivity contribution in [2.45, 2.75) is 32.1 Å². The lowest BCUT2D eigenvalue weighted by Crippen LogP contribution is -2.29. The zero-order chi connectivity index (χ0) is 17.9. The molecule has 0 amide bonds. The Morgan fingerprint density at radius 1 is 1.23 bits per heavy atom. The number of furan rings is 1. The number of hydrogen-bond donors (Lipinski definition) is 0. The third-order valence-electron chi connectivity index (χ3n) is 4.50. The summed E-state index contributed by atoms with van der Waals surface area (Å²) in [6.07, 6.45) is 3.89. The molecule has 7 heteroatoms. The second-order valence-electron chi connectivity index (χ2n) is 6.43. The van der Waals surface area contributed by atoms with E-state index in [1.807, 2.05) is 34.9 Å². The van der Waals surface area contributed by atoms with Gasteiger partial charge in [0.15, 0.2) is 16.4 Å². The molecular formula is C19H19N5OS. The smallest absolute Gasteiger partial charge is 0.199 e. The van der Waals surface area contributed by atoms with Crippen molar-refractivity contribution in [2.24, 2.45) is 0 Å². The quantitative estimate of drug-likeness (QED) is 0.472. The van der Waals surface area contributed by atoms with Gasteiger partial charge < -0.3 is 4.42 Å². The molecule has 1 fully saturated rings. The SMILES string of the molecule is N#CCN(Cn1nc(-c2ccco2)n(Cc2ccccc2)c1=S)C1CC1. The lowest BCUT2D eigenvalue weighted by molar-refractivity contribution is 0.219. The van der Waals surface area contributed by atoms with Crippen LogP contribution in [0.5, 0.6) is 0 Å². The van der Waals surface area contributed by atoms with Gasteiger partial charge in [-0.1, -0.05) is 30.3 Å². The fourth-order valence-electron chi connectivity index (χ4n) is 3.03. The third-order valence-corrected chi connectivity index (χ3v) is 4.93. The van der Waals surface area contributed by atoms with Crippen LogP contribution in [0.1, 0.15) is 18.4 Å². The molecule has 1 aromatic carbocycles. The highest BCUT2D eigenvalue weighted by molar-refractivity contribution is 7.71. The molecule has 26 heavy (non-hydrogen) atoms. The molecule has 2 heterocycles. The maximum Gasteiger partial charge on any atom is 0.199 e. The minimum Gasteiger partial charge on any atom is -0.461 e. The van der Waals surface area contributed by atoms with Gasteiger partial charge >= 0.3 is 0 Å². The van der Waals surface area contributed by atoms with Gasteiger partial charge in [-0.25, -0.2) is 4.68 Å². The van der Waals surface area contributed by atoms with Gasteiger partial charge in [0.05, 0.1) is 32.1 Å². The fourth-order valence-corrected chi connectivity index (χ4v) is 3.28. The van der Waals surface area contributed by atoms with Crippen LogP contribution in [0.3, 0.4) is 0 Å². The summed E-state index contributed by atoms with van der Waals surface area (Å²) in [7, 11) is 0. The van der Waals surface area contributed by atoms with Crippen molar-refractivity contribution in [3.05, 3.63) is 59.1 Å². The van der Waals surface area contributed by atoms with Gasteiger partial charge in [-0.15, -0.1) is 5.10 Å². The van der Waals surface area contributed by atoms with Crippen LogP contribution in [-0.2, 0) is 13.2 Å². The molecule has 1 aliphatic rings. The molecule has 0 radical (unpaired) electrons. The maximum absolute atomic E-state index is 9.10. The first-order chi connectivity index (χ1) is 12.8. The van der Waals surface area contributed by atoms with Gasteiger partial charge in [0.25, 0.3) is 0 Å². The van der Waals surface area contributed by atoms with E-state index in [1.165, 1.54) is 0 Å². The van der Waals surface area contributed by atoms with Crippen LogP contribution < -0.4 is 0 Å². The first kappa shape index (κ1) is 16.8. The Morgan fingerprint density at radius 2 is 2.04 bits per heavy atom. The summed E-state index contributed by atoms with van der Waals surface area (Å²) in [6.45, 7) is 1.53. The van der Waals surface area contributed by atoms with E-state index >= 15 is 0 Å². The van der Waals surface area contributed by atoms with Crippen molar-refractivity contribution in [2.75, 3.05) is 6.54 Å². The summed E-state index contributed by atoms with van der Waals surface area (Å²) in [4.78, 5) is 2.13. The van der Waals surface area contributed by atoms with E-state index in [1.54, 1.807) is 10.9 Å². The van der Waals surface area contributed by atoms with Crippen molar-refractivity contribution in [1.82, 2.24) is 19.2 Å². The van der Waals surface area contributed by atoms with Crippen molar-refractivity contribution in [1.29, 1.82) is 5.26 Å². The number of aromatic nitrogens is 3. The molecule has 0 atom stereocenters. The topological polar surface area (TPSA) is 62.9 Å². The van der Waals surface area contributed by atoms with E-state index in [2.05, 4.69) is 23.1 Å². The molecule has 4 rings (SSSR count). The van der Waals surface area contributed by atoms with Crippen LogP contribution in [0, 0.1) is 16.1 Å². The predicted molar refractivity (Wildman–Crippen MR) is 99.6 cm³/mol. The van der Waals surface area contributed by atoms with Crippen LogP contribution in [0.2, 0.25) is 0 Å². The van der Waals surface area contributed by atoms with Gasteiger partial charge in [0.1, 0.15) is 0 Å². The van der Waals surface area contributed by atoms with E-state index in [0.29, 0.717) is 42.2 Å². The Hall–Kier alpha value is -2.69. The van der Waals surface area contributed by atoms with Crippen LogP contribution in [0.25, 0.3) is 11.6 Å². The number of nitriles is 1. The molecule has 2 aromatic heterocycles. The highest BCUT2D eigenvalue weighted by Gasteiger charge is 2.29. The van der Waals surface area contributed by atoms with E-state index < -0.39 is 0 Å². The van der Waals surface area contributed by atoms with Crippen molar-refractivity contribution >= 4 is 12.2 Å². The maximum atomic E-state index is 9.10. The average Bonchev–Trinajstić information content (AvgIpc) is 3.28. The first-order valence-corrected chi connectivity index (χ1v) is 9.03. The molecule has 0 saturated heterocycles. The van der Waals surface area contributed by atoms with E-state index in [0.717, 1.165) is 18.4 Å². The molecule has 132 valence electrons. The van der Waals surface area contributed by atoms with Gasteiger partial charge in [0, 0.05) is 6.04 Å². The van der Waals surface area contributed by atoms with Gasteiger partial charge in [-0.05, 0) is 42.8 Å². The van der Waals surface area contributed by atoms with E-state index in [4.69, 9.17) is 27.0 Å². The van der Waals surface area contributed by atoms with Gasteiger partial charge in [-0.2, -0.15) is 5.26 Å². The minimum atomic E-state index is 0.383. The van der Waals surface area contributed by atoms with Crippen LogP contribution in [0.15, 0.2) is 53.1 Å². The summed E-state index contributed by atoms with van der Waals surface area (Å²) in [6, 6.07) is 16.6. The Labute approximate surface area is 156 Å². The summed E-state index contributed by atoms with van der Waals surface area (Å²) in [5, 5.41) is 13.8. The molecule has 0 N–H and O–H groups in total. The molecule has 3 aromatic rings. The second kappa shape index (κ2) is 7.28. The minimum absolute atomic E-state index is 0.383. The summed E-state index contributed by atoms with van der Waals surface area (Å²) in [5.74, 6) is 1.39. The fraction of sp³-hybridized carbons (Fsp3) is 0.316. The zero-order valence-corrected chi connectivity index (χ0v) is 15.1. The normalized spacial score (nSPS) is 13.8. The molecule has 1 aliphatic carbocycles. The molecule has 0 bridgehead atoms. The van der Waals surface area contributed by atoms with Crippen LogP contribution in [0.4, 0.5) is 0 Å². The Bertz CT molecular complexity index is 964. The Morgan fingerprint density at radius 3 is 2.69 bits per heavy atom. The highest BCUT2D eigenvalue weighted by atomic mass is 32.1. The highest BCUT2D eigenvalue weighted by Crippen LogP contribution is 2.27. The molecule has 0 unspecified atom stereocenters. The lowest BCUT2D eigenvalue weighted by Gasteiger charge is -2.17. The molecule has 0 aliphatic heterocycles. The summed E-state index contributed by atoms with van der Waals surface area (Å²) < 4.78 is 9.98. The standard InChI is InChI=1S/C19H19N5OS/c20-10-11-22(16-8-9-16)14-24-19(26)23(13-15-5-2-1-3-6-15)18(21-24)17-7-4-12-25-17/h1-7,12,16H,8-9,11,13-14H2.